The molecule has 3 heterocycles. The van der Waals surface area contributed by atoms with Crippen LogP contribution in [-0.4, -0.2) is 114 Å². The molecule has 4 amide bonds. The predicted octanol–water partition coefficient (Wildman–Crippen LogP) is 4.06. The number of aromatic amines is 2. The minimum Gasteiger partial charge on any atom is -0.453 e. The molecule has 0 aliphatic carbocycles. The Morgan fingerprint density at radius 3 is 2.06 bits per heavy atom. The van der Waals surface area contributed by atoms with Crippen molar-refractivity contribution in [3.63, 3.8) is 0 Å². The smallest absolute Gasteiger partial charge is 0.407 e. The van der Waals surface area contributed by atoms with Crippen LogP contribution in [0.1, 0.15) is 49.9 Å². The van der Waals surface area contributed by atoms with Crippen LogP contribution in [0.25, 0.3) is 11.3 Å². The maximum absolute atomic E-state index is 13.8. The minimum atomic E-state index is -0.888. The van der Waals surface area contributed by atoms with Gasteiger partial charge in [-0.3, -0.25) is 9.59 Å². The second kappa shape index (κ2) is 19.1. The van der Waals surface area contributed by atoms with E-state index < -0.39 is 18.2 Å². The molecule has 4 aromatic rings. The Kier molecular flexibility index (Phi) is 13.9. The van der Waals surface area contributed by atoms with E-state index in [0.717, 1.165) is 61.8 Å². The van der Waals surface area contributed by atoms with Crippen molar-refractivity contribution in [2.75, 3.05) is 69.8 Å². The van der Waals surface area contributed by atoms with Gasteiger partial charge in [-0.25, -0.2) is 19.6 Å². The molecule has 1 atom stereocenters. The first-order valence-corrected chi connectivity index (χ1v) is 18.2. The molecule has 0 unspecified atom stereocenters. The molecule has 288 valence electrons. The Labute approximate surface area is 315 Å². The number of hydrogen-bond donors (Lipinski definition) is 4. The SMILES string of the molecule is CCCN(Cc1ncc(-c2ccc(N3CCN(c4cnc(CN(CCC)C(=O)[C@H](NC(=O)OC)c5ccccc5)[nH]4)CC3)cc2)[nH]1)C(=O)CNC(=O)OC. The summed E-state index contributed by atoms with van der Waals surface area (Å²) in [6, 6.07) is 16.6. The largest absolute Gasteiger partial charge is 0.453 e. The molecule has 5 rings (SSSR count). The summed E-state index contributed by atoms with van der Waals surface area (Å²) < 4.78 is 9.37. The van der Waals surface area contributed by atoms with Gasteiger partial charge in [0.2, 0.25) is 11.8 Å². The van der Waals surface area contributed by atoms with E-state index in [2.05, 4.69) is 69.4 Å². The number of hydrogen-bond acceptors (Lipinski definition) is 10. The quantitative estimate of drug-likeness (QED) is 0.131. The monoisotopic (exact) mass is 742 g/mol. The van der Waals surface area contributed by atoms with Gasteiger partial charge >= 0.3 is 12.2 Å². The fourth-order valence-corrected chi connectivity index (χ4v) is 6.32. The van der Waals surface area contributed by atoms with Crippen molar-refractivity contribution in [1.29, 1.82) is 0 Å². The number of piperazine rings is 1. The number of carbonyl (C=O) groups excluding carboxylic acids is 4. The lowest BCUT2D eigenvalue weighted by Crippen LogP contribution is -2.46. The second-order valence-corrected chi connectivity index (χ2v) is 12.9. The normalized spacial score (nSPS) is 13.2. The van der Waals surface area contributed by atoms with Gasteiger partial charge in [0.25, 0.3) is 0 Å². The molecule has 4 N–H and O–H groups in total. The van der Waals surface area contributed by atoms with Crippen LogP contribution >= 0.6 is 0 Å². The first kappa shape index (κ1) is 39.2. The van der Waals surface area contributed by atoms with Gasteiger partial charge < -0.3 is 49.7 Å². The number of H-pyrrole nitrogens is 2. The molecule has 0 spiro atoms. The van der Waals surface area contributed by atoms with Gasteiger partial charge in [0.1, 0.15) is 30.1 Å². The summed E-state index contributed by atoms with van der Waals surface area (Å²) in [6.07, 6.45) is 3.76. The first-order valence-electron chi connectivity index (χ1n) is 18.2. The molecule has 1 aliphatic heterocycles. The third-order valence-electron chi connectivity index (χ3n) is 9.14. The number of anilines is 2. The Morgan fingerprint density at radius 2 is 1.39 bits per heavy atom. The van der Waals surface area contributed by atoms with Gasteiger partial charge in [0.05, 0.1) is 45.4 Å². The number of amides is 4. The summed E-state index contributed by atoms with van der Waals surface area (Å²) in [6.45, 7) is 8.64. The minimum absolute atomic E-state index is 0.145. The average Bonchev–Trinajstić information content (AvgIpc) is 3.89. The summed E-state index contributed by atoms with van der Waals surface area (Å²) in [5.74, 6) is 1.76. The van der Waals surface area contributed by atoms with Gasteiger partial charge in [0, 0.05) is 45.0 Å². The second-order valence-electron chi connectivity index (χ2n) is 12.9. The number of methoxy groups -OCH3 is 2. The highest BCUT2D eigenvalue weighted by Crippen LogP contribution is 2.25. The Bertz CT molecular complexity index is 1820. The summed E-state index contributed by atoms with van der Waals surface area (Å²) in [5, 5.41) is 5.13. The van der Waals surface area contributed by atoms with E-state index in [-0.39, 0.29) is 24.9 Å². The zero-order chi connectivity index (χ0) is 38.5. The lowest BCUT2D eigenvalue weighted by atomic mass is 10.1. The number of aromatic nitrogens is 4. The molecule has 1 saturated heterocycles. The number of carbonyl (C=O) groups is 4. The molecule has 1 aliphatic rings. The predicted molar refractivity (Wildman–Crippen MR) is 204 cm³/mol. The van der Waals surface area contributed by atoms with E-state index in [9.17, 15) is 19.2 Å². The molecule has 2 aromatic carbocycles. The number of benzene rings is 2. The maximum Gasteiger partial charge on any atom is 0.407 e. The van der Waals surface area contributed by atoms with Crippen LogP contribution in [0.4, 0.5) is 21.1 Å². The van der Waals surface area contributed by atoms with Crippen LogP contribution in [0.2, 0.25) is 0 Å². The Morgan fingerprint density at radius 1 is 0.778 bits per heavy atom. The molecular formula is C38H50N10O6. The van der Waals surface area contributed by atoms with Gasteiger partial charge in [-0.15, -0.1) is 0 Å². The van der Waals surface area contributed by atoms with Gasteiger partial charge in [-0.2, -0.15) is 0 Å². The van der Waals surface area contributed by atoms with Crippen molar-refractivity contribution in [3.05, 3.63) is 84.2 Å². The topological polar surface area (TPSA) is 181 Å². The van der Waals surface area contributed by atoms with Crippen molar-refractivity contribution >= 4 is 35.5 Å². The van der Waals surface area contributed by atoms with E-state index in [1.807, 2.05) is 50.4 Å². The van der Waals surface area contributed by atoms with Crippen molar-refractivity contribution in [1.82, 2.24) is 40.4 Å². The standard InChI is InChI=1S/C38H50N10O6/c1-5-16-47(34(49)24-41-37(51)53-3)25-31-39-22-30(42-31)27-12-14-29(15-13-27)45-18-20-46(21-19-45)33-23-40-32(43-33)26-48(17-6-2)36(50)35(44-38(52)54-4)28-10-8-7-9-11-28/h7-15,22-23,35H,5-6,16-21,24-26H2,1-4H3,(H,39,42)(H,40,43)(H,41,51)(H,44,52)/t35-/m1/s1. The van der Waals surface area contributed by atoms with Gasteiger partial charge in [-0.1, -0.05) is 56.3 Å². The van der Waals surface area contributed by atoms with Crippen LogP contribution in [0, 0.1) is 0 Å². The number of nitrogens with zero attached hydrogens (tertiary/aromatic N) is 6. The van der Waals surface area contributed by atoms with E-state index in [4.69, 9.17) is 4.74 Å². The maximum atomic E-state index is 13.8. The number of alkyl carbamates (subject to hydrolysis) is 2. The molecule has 0 saturated carbocycles. The first-order chi connectivity index (χ1) is 26.2. The van der Waals surface area contributed by atoms with Crippen molar-refractivity contribution in [2.45, 2.75) is 45.8 Å². The summed E-state index contributed by atoms with van der Waals surface area (Å²) in [4.78, 5) is 73.8. The number of imidazole rings is 2. The highest BCUT2D eigenvalue weighted by molar-refractivity contribution is 5.87. The van der Waals surface area contributed by atoms with Crippen LogP contribution in [0.3, 0.4) is 0 Å². The molecule has 16 nitrogen and oxygen atoms in total. The molecule has 54 heavy (non-hydrogen) atoms. The van der Waals surface area contributed by atoms with Crippen LogP contribution in [0.15, 0.2) is 67.0 Å². The molecule has 2 aromatic heterocycles. The Balaban J connectivity index is 1.15. The van der Waals surface area contributed by atoms with Crippen molar-refractivity contribution in [2.24, 2.45) is 0 Å². The van der Waals surface area contributed by atoms with Crippen molar-refractivity contribution in [3.8, 4) is 11.3 Å². The fraction of sp³-hybridized carbons (Fsp3) is 0.421. The van der Waals surface area contributed by atoms with Crippen LogP contribution in [-0.2, 0) is 32.2 Å². The van der Waals surface area contributed by atoms with Gasteiger partial charge in [0.15, 0.2) is 0 Å². The third-order valence-corrected chi connectivity index (χ3v) is 9.14. The number of nitrogens with one attached hydrogen (secondary N) is 4. The molecular weight excluding hydrogens is 692 g/mol. The van der Waals surface area contributed by atoms with E-state index in [0.29, 0.717) is 36.8 Å². The van der Waals surface area contributed by atoms with E-state index in [1.54, 1.807) is 16.0 Å². The highest BCUT2D eigenvalue weighted by Gasteiger charge is 2.29. The summed E-state index contributed by atoms with van der Waals surface area (Å²) in [7, 11) is 2.53. The molecule has 16 heteroatoms. The van der Waals surface area contributed by atoms with Crippen LogP contribution in [0.5, 0.6) is 0 Å². The van der Waals surface area contributed by atoms with E-state index in [1.165, 1.54) is 14.2 Å². The zero-order valence-electron chi connectivity index (χ0n) is 31.3. The lowest BCUT2D eigenvalue weighted by Gasteiger charge is -2.36. The summed E-state index contributed by atoms with van der Waals surface area (Å²) >= 11 is 0. The van der Waals surface area contributed by atoms with Crippen molar-refractivity contribution < 1.29 is 28.7 Å². The van der Waals surface area contributed by atoms with Gasteiger partial charge in [-0.05, 0) is 36.1 Å². The molecule has 0 radical (unpaired) electrons. The molecule has 1 fully saturated rings. The Hall–Kier alpha value is -6.06. The average molecular weight is 743 g/mol. The molecule has 0 bridgehead atoms. The van der Waals surface area contributed by atoms with Crippen LogP contribution < -0.4 is 20.4 Å². The zero-order valence-corrected chi connectivity index (χ0v) is 31.3. The third kappa shape index (κ3) is 10.3. The lowest BCUT2D eigenvalue weighted by molar-refractivity contribution is -0.134. The highest BCUT2D eigenvalue weighted by atomic mass is 16.5. The van der Waals surface area contributed by atoms with E-state index >= 15 is 0 Å². The number of ether oxygens (including phenoxy) is 2. The number of rotatable bonds is 16. The summed E-state index contributed by atoms with van der Waals surface area (Å²) in [5.41, 5.74) is 3.62. The fourth-order valence-electron chi connectivity index (χ4n) is 6.32.